The Morgan fingerprint density at radius 3 is 2.63 bits per heavy atom. The number of rotatable bonds is 10. The van der Waals surface area contributed by atoms with Crippen molar-refractivity contribution >= 4 is 28.1 Å². The summed E-state index contributed by atoms with van der Waals surface area (Å²) >= 11 is 1.09. The van der Waals surface area contributed by atoms with Crippen LogP contribution in [0.2, 0.25) is 0 Å². The first kappa shape index (κ1) is 24.8. The minimum atomic E-state index is -4.24. The first-order valence-corrected chi connectivity index (χ1v) is 11.6. The Balaban J connectivity index is 2.22. The summed E-state index contributed by atoms with van der Waals surface area (Å²) in [6, 6.07) is 1.46. The van der Waals surface area contributed by atoms with Crippen molar-refractivity contribution in [3.05, 3.63) is 28.0 Å². The third kappa shape index (κ3) is 6.50. The van der Waals surface area contributed by atoms with E-state index < -0.39 is 12.6 Å². The van der Waals surface area contributed by atoms with E-state index in [4.69, 9.17) is 0 Å². The number of hydrogen-bond donors (Lipinski definition) is 0. The van der Waals surface area contributed by atoms with Crippen molar-refractivity contribution in [2.45, 2.75) is 78.4 Å². The first-order valence-electron chi connectivity index (χ1n) is 10.8. The van der Waals surface area contributed by atoms with Crippen molar-refractivity contribution in [3.8, 4) is 0 Å². The van der Waals surface area contributed by atoms with Crippen LogP contribution in [0, 0.1) is 28.6 Å². The molecule has 1 aliphatic carbocycles. The SMILES string of the molecule is C=C(C)c1cc(CC(F)(F)F)sc1N=CC(CCC)C(C)C(C)C1CCCC1N=O. The van der Waals surface area contributed by atoms with E-state index in [-0.39, 0.29) is 16.8 Å². The average Bonchev–Trinajstić information content (AvgIpc) is 3.29. The zero-order valence-electron chi connectivity index (χ0n) is 18.3. The summed E-state index contributed by atoms with van der Waals surface area (Å²) < 4.78 is 38.5. The average molecular weight is 443 g/mol. The molecule has 0 N–H and O–H groups in total. The van der Waals surface area contributed by atoms with Crippen LogP contribution in [0.3, 0.4) is 0 Å². The van der Waals surface area contributed by atoms with Gasteiger partial charge >= 0.3 is 6.18 Å². The van der Waals surface area contributed by atoms with Gasteiger partial charge in [-0.2, -0.15) is 18.1 Å². The van der Waals surface area contributed by atoms with Crippen LogP contribution < -0.4 is 0 Å². The molecule has 0 amide bonds. The van der Waals surface area contributed by atoms with E-state index >= 15 is 0 Å². The van der Waals surface area contributed by atoms with Crippen LogP contribution in [0.5, 0.6) is 0 Å². The molecule has 7 heteroatoms. The molecule has 1 fully saturated rings. The number of halogens is 3. The number of hydrogen-bond acceptors (Lipinski definition) is 4. The van der Waals surface area contributed by atoms with Gasteiger partial charge in [0.1, 0.15) is 5.00 Å². The predicted octanol–water partition coefficient (Wildman–Crippen LogP) is 8.21. The van der Waals surface area contributed by atoms with Gasteiger partial charge in [-0.1, -0.05) is 45.4 Å². The smallest absolute Gasteiger partial charge is 0.249 e. The molecule has 1 aliphatic rings. The molecule has 0 saturated heterocycles. The molecule has 5 unspecified atom stereocenters. The molecular weight excluding hydrogens is 409 g/mol. The van der Waals surface area contributed by atoms with Crippen LogP contribution in [0.4, 0.5) is 18.2 Å². The van der Waals surface area contributed by atoms with E-state index in [1.165, 1.54) is 0 Å². The first-order chi connectivity index (χ1) is 14.1. The van der Waals surface area contributed by atoms with Crippen molar-refractivity contribution in [2.75, 3.05) is 0 Å². The number of allylic oxidation sites excluding steroid dienone is 1. The lowest BCUT2D eigenvalue weighted by Crippen LogP contribution is -2.29. The van der Waals surface area contributed by atoms with Crippen molar-refractivity contribution in [2.24, 2.45) is 33.8 Å². The molecular formula is C23H33F3N2OS. The second-order valence-electron chi connectivity index (χ2n) is 8.72. The second-order valence-corrected chi connectivity index (χ2v) is 9.84. The maximum atomic E-state index is 12.8. The highest BCUT2D eigenvalue weighted by Gasteiger charge is 2.36. The van der Waals surface area contributed by atoms with E-state index in [1.807, 2.05) is 6.21 Å². The Hall–Kier alpha value is -1.50. The van der Waals surface area contributed by atoms with Gasteiger partial charge in [-0.05, 0) is 61.5 Å². The summed E-state index contributed by atoms with van der Waals surface area (Å²) in [5.74, 6) is 1.15. The van der Waals surface area contributed by atoms with Crippen LogP contribution in [0.15, 0.2) is 22.8 Å². The van der Waals surface area contributed by atoms with Crippen molar-refractivity contribution in [1.82, 2.24) is 0 Å². The molecule has 1 heterocycles. The minimum absolute atomic E-state index is 0.0982. The molecule has 30 heavy (non-hydrogen) atoms. The summed E-state index contributed by atoms with van der Waals surface area (Å²) in [5, 5.41) is 3.94. The van der Waals surface area contributed by atoms with Crippen LogP contribution in [0.1, 0.15) is 70.2 Å². The molecule has 168 valence electrons. The van der Waals surface area contributed by atoms with E-state index in [9.17, 15) is 18.1 Å². The number of alkyl halides is 3. The highest BCUT2D eigenvalue weighted by Crippen LogP contribution is 2.41. The fourth-order valence-corrected chi connectivity index (χ4v) is 5.70. The van der Waals surface area contributed by atoms with Gasteiger partial charge in [-0.3, -0.25) is 0 Å². The molecule has 2 rings (SSSR count). The van der Waals surface area contributed by atoms with Gasteiger partial charge in [0.25, 0.3) is 0 Å². The zero-order valence-corrected chi connectivity index (χ0v) is 19.2. The summed E-state index contributed by atoms with van der Waals surface area (Å²) in [6.07, 6.45) is 1.62. The Labute approximate surface area is 181 Å². The molecule has 0 spiro atoms. The van der Waals surface area contributed by atoms with Crippen molar-refractivity contribution in [3.63, 3.8) is 0 Å². The predicted molar refractivity (Wildman–Crippen MR) is 121 cm³/mol. The third-order valence-corrected chi connectivity index (χ3v) is 7.49. The lowest BCUT2D eigenvalue weighted by molar-refractivity contribution is -0.126. The Bertz CT molecular complexity index is 756. The van der Waals surface area contributed by atoms with Gasteiger partial charge in [-0.25, -0.2) is 4.99 Å². The van der Waals surface area contributed by atoms with E-state index in [1.54, 1.807) is 13.0 Å². The summed E-state index contributed by atoms with van der Waals surface area (Å²) in [6.45, 7) is 12.2. The number of nitroso groups, excluding NO2 is 1. The fraction of sp³-hybridized carbons (Fsp3) is 0.696. The molecule has 1 saturated carbocycles. The Morgan fingerprint density at radius 2 is 2.07 bits per heavy atom. The maximum absolute atomic E-state index is 12.8. The number of thiophene rings is 1. The van der Waals surface area contributed by atoms with Crippen LogP contribution in [-0.2, 0) is 6.42 Å². The standard InChI is InChI=1S/C23H33F3N2OS/c1-6-8-17(15(4)16(5)19-9-7-10-21(19)28-29)13-27-22-20(14(2)3)11-18(30-22)12-23(24,25)26/h11,13,15-17,19,21H,2,6-10,12H2,1,3-5H3. The highest BCUT2D eigenvalue weighted by molar-refractivity contribution is 7.16. The molecule has 1 aromatic heterocycles. The lowest BCUT2D eigenvalue weighted by atomic mass is 9.74. The normalized spacial score (nSPS) is 22.9. The van der Waals surface area contributed by atoms with Gasteiger partial charge in [0.2, 0.25) is 0 Å². The molecule has 3 nitrogen and oxygen atoms in total. The molecule has 1 aromatic rings. The lowest BCUT2D eigenvalue weighted by Gasteiger charge is -2.31. The van der Waals surface area contributed by atoms with E-state index in [0.29, 0.717) is 33.9 Å². The summed E-state index contributed by atoms with van der Waals surface area (Å²) in [7, 11) is 0. The van der Waals surface area contributed by atoms with Gasteiger partial charge in [-0.15, -0.1) is 11.3 Å². The third-order valence-electron chi connectivity index (χ3n) is 6.45. The summed E-state index contributed by atoms with van der Waals surface area (Å²) in [4.78, 5) is 16.1. The molecule has 0 bridgehead atoms. The Morgan fingerprint density at radius 1 is 1.37 bits per heavy atom. The quantitative estimate of drug-likeness (QED) is 0.266. The molecule has 0 aromatic carbocycles. The van der Waals surface area contributed by atoms with Gasteiger partial charge in [0.05, 0.1) is 12.5 Å². The maximum Gasteiger partial charge on any atom is 0.393 e. The highest BCUT2D eigenvalue weighted by atomic mass is 32.1. The largest absolute Gasteiger partial charge is 0.393 e. The van der Waals surface area contributed by atoms with Crippen LogP contribution >= 0.6 is 11.3 Å². The van der Waals surface area contributed by atoms with E-state index in [2.05, 4.69) is 37.5 Å². The Kier molecular flexibility index (Phi) is 8.83. The van der Waals surface area contributed by atoms with Crippen LogP contribution in [0.25, 0.3) is 5.57 Å². The van der Waals surface area contributed by atoms with Gasteiger partial charge in [0.15, 0.2) is 0 Å². The van der Waals surface area contributed by atoms with Gasteiger partial charge in [0, 0.05) is 16.7 Å². The monoisotopic (exact) mass is 442 g/mol. The fourth-order valence-electron chi connectivity index (χ4n) is 4.58. The zero-order chi connectivity index (χ0) is 22.5. The summed E-state index contributed by atoms with van der Waals surface area (Å²) in [5.41, 5.74) is 1.40. The number of nitrogens with zero attached hydrogens (tertiary/aromatic N) is 2. The topological polar surface area (TPSA) is 41.8 Å². The molecule has 5 atom stereocenters. The van der Waals surface area contributed by atoms with Crippen molar-refractivity contribution in [1.29, 1.82) is 0 Å². The van der Waals surface area contributed by atoms with Crippen LogP contribution in [-0.4, -0.2) is 18.4 Å². The minimum Gasteiger partial charge on any atom is -0.249 e. The van der Waals surface area contributed by atoms with Crippen molar-refractivity contribution < 1.29 is 13.2 Å². The second kappa shape index (κ2) is 10.7. The van der Waals surface area contributed by atoms with E-state index in [0.717, 1.165) is 43.4 Å². The van der Waals surface area contributed by atoms with Gasteiger partial charge < -0.3 is 0 Å². The number of aliphatic imine (C=N–C) groups is 1. The molecule has 0 aliphatic heterocycles. The molecule has 0 radical (unpaired) electrons.